The number of carbonyl (C=O) groups excluding carboxylic acids is 2. The van der Waals surface area contributed by atoms with Gasteiger partial charge in [0, 0.05) is 17.8 Å². The predicted molar refractivity (Wildman–Crippen MR) is 113 cm³/mol. The average molecular weight is 446 g/mol. The molecular weight excluding hydrogens is 432 g/mol. The molecule has 0 atom stereocenters. The van der Waals surface area contributed by atoms with Gasteiger partial charge in [0.2, 0.25) is 10.0 Å². The van der Waals surface area contributed by atoms with Gasteiger partial charge in [-0.05, 0) is 24.3 Å². The summed E-state index contributed by atoms with van der Waals surface area (Å²) in [6.45, 7) is 0. The Morgan fingerprint density at radius 2 is 1.43 bits per heavy atom. The normalized spacial score (nSPS) is 10.3. The number of methoxy groups -OCH3 is 2. The summed E-state index contributed by atoms with van der Waals surface area (Å²) >= 11 is 2.35. The number of benzene rings is 2. The lowest BCUT2D eigenvalue weighted by Crippen LogP contribution is -1.99. The molecule has 0 unspecified atom stereocenters. The zero-order chi connectivity index (χ0) is 21.8. The van der Waals surface area contributed by atoms with E-state index in [1.807, 2.05) is 0 Å². The van der Waals surface area contributed by atoms with Gasteiger partial charge in [-0.2, -0.15) is 0 Å². The Morgan fingerprint density at radius 1 is 0.933 bits per heavy atom. The topological polar surface area (TPSA) is 148 Å². The molecule has 0 aliphatic rings. The molecule has 0 spiro atoms. The first kappa shape index (κ1) is 21.1. The van der Waals surface area contributed by atoms with Crippen LogP contribution in [0.3, 0.4) is 0 Å². The lowest BCUT2D eigenvalue weighted by molar-refractivity contribution is -0.384. The molecule has 10 nitrogen and oxygen atoms in total. The van der Waals surface area contributed by atoms with E-state index in [4.69, 9.17) is 5.73 Å². The van der Waals surface area contributed by atoms with Gasteiger partial charge in [0.1, 0.15) is 0 Å². The number of nitrogens with two attached hydrogens (primary N) is 1. The number of non-ortho nitro benzene ring substituents is 1. The minimum Gasteiger partial charge on any atom is -0.464 e. The van der Waals surface area contributed by atoms with Crippen molar-refractivity contribution >= 4 is 66.4 Å². The Kier molecular flexibility index (Phi) is 6.18. The van der Waals surface area contributed by atoms with Gasteiger partial charge in [-0.1, -0.05) is 0 Å². The molecule has 0 aliphatic carbocycles. The smallest absolute Gasteiger partial charge is 0.367 e. The zero-order valence-electron chi connectivity index (χ0n) is 15.6. The third kappa shape index (κ3) is 4.50. The number of aromatic nitrogens is 2. The summed E-state index contributed by atoms with van der Waals surface area (Å²) < 4.78 is 10.6. The van der Waals surface area contributed by atoms with Gasteiger partial charge in [0.05, 0.1) is 39.6 Å². The number of nitro benzene ring substituents is 1. The van der Waals surface area contributed by atoms with Gasteiger partial charge in [-0.3, -0.25) is 10.1 Å². The maximum absolute atomic E-state index is 11.2. The van der Waals surface area contributed by atoms with Crippen LogP contribution in [-0.4, -0.2) is 41.0 Å². The lowest BCUT2D eigenvalue weighted by atomic mass is 10.3. The van der Waals surface area contributed by atoms with Crippen LogP contribution in [0.4, 0.5) is 11.4 Å². The van der Waals surface area contributed by atoms with E-state index in [-0.39, 0.29) is 10.7 Å². The summed E-state index contributed by atoms with van der Waals surface area (Å²) in [7, 11) is 2.60. The number of esters is 2. The first-order valence-corrected chi connectivity index (χ1v) is 9.83. The fraction of sp³-hybridized carbons (Fsp3) is 0.111. The second kappa shape index (κ2) is 8.80. The standard InChI is InChI=1S/C9H6N2O4S.C9H8N2O2S/c1-15-9(12)8-10-6-3-2-5(11(13)14)4-7(6)16-8;1-13-9(12)8-11-6-3-2-5(10)4-7(6)14-8/h2-4H,1H3;2-4H,10H2,1H3. The summed E-state index contributed by atoms with van der Waals surface area (Å²) in [5.74, 6) is -0.950. The van der Waals surface area contributed by atoms with Gasteiger partial charge in [0.15, 0.2) is 0 Å². The minimum atomic E-state index is -0.538. The number of carbonyl (C=O) groups is 2. The molecule has 2 heterocycles. The van der Waals surface area contributed by atoms with Crippen molar-refractivity contribution in [2.45, 2.75) is 0 Å². The SMILES string of the molecule is COC(=O)c1nc2ccc(N)cc2s1.COC(=O)c1nc2ccc([N+](=O)[O-])cc2s1. The van der Waals surface area contributed by atoms with E-state index in [0.29, 0.717) is 20.9 Å². The van der Waals surface area contributed by atoms with E-state index in [2.05, 4.69) is 19.4 Å². The molecule has 0 bridgehead atoms. The Bertz CT molecular complexity index is 1270. The molecule has 0 radical (unpaired) electrons. The summed E-state index contributed by atoms with van der Waals surface area (Å²) in [5.41, 5.74) is 7.57. The highest BCUT2D eigenvalue weighted by Gasteiger charge is 2.15. The quantitative estimate of drug-likeness (QED) is 0.215. The number of hydrogen-bond acceptors (Lipinski definition) is 11. The zero-order valence-corrected chi connectivity index (χ0v) is 17.3. The number of thiazole rings is 2. The highest BCUT2D eigenvalue weighted by atomic mass is 32.1. The van der Waals surface area contributed by atoms with E-state index >= 15 is 0 Å². The third-order valence-corrected chi connectivity index (χ3v) is 5.71. The van der Waals surface area contributed by atoms with Gasteiger partial charge in [0.25, 0.3) is 5.69 Å². The van der Waals surface area contributed by atoms with Gasteiger partial charge in [-0.15, -0.1) is 22.7 Å². The molecule has 0 amide bonds. The number of hydrogen-bond donors (Lipinski definition) is 1. The lowest BCUT2D eigenvalue weighted by Gasteiger charge is -1.89. The summed E-state index contributed by atoms with van der Waals surface area (Å²) in [5, 5.41) is 11.1. The molecule has 4 aromatic rings. The van der Waals surface area contributed by atoms with Crippen molar-refractivity contribution in [2.75, 3.05) is 20.0 Å². The molecule has 30 heavy (non-hydrogen) atoms. The van der Waals surface area contributed by atoms with Gasteiger partial charge >= 0.3 is 11.9 Å². The number of ether oxygens (including phenoxy) is 2. The summed E-state index contributed by atoms with van der Waals surface area (Å²) in [6, 6.07) is 9.58. The molecule has 12 heteroatoms. The van der Waals surface area contributed by atoms with E-state index in [1.54, 1.807) is 18.2 Å². The van der Waals surface area contributed by atoms with Crippen LogP contribution in [0.1, 0.15) is 19.6 Å². The first-order chi connectivity index (χ1) is 14.3. The summed E-state index contributed by atoms with van der Waals surface area (Å²) in [6.07, 6.45) is 0. The molecule has 2 aromatic heterocycles. The second-order valence-electron chi connectivity index (χ2n) is 5.66. The van der Waals surface area contributed by atoms with Crippen LogP contribution in [-0.2, 0) is 9.47 Å². The third-order valence-electron chi connectivity index (χ3n) is 3.72. The van der Waals surface area contributed by atoms with Crippen molar-refractivity contribution in [1.82, 2.24) is 9.97 Å². The summed E-state index contributed by atoms with van der Waals surface area (Å²) in [4.78, 5) is 40.5. The van der Waals surface area contributed by atoms with Gasteiger partial charge < -0.3 is 15.2 Å². The number of fused-ring (bicyclic) bond motifs is 2. The number of nitrogens with zero attached hydrogens (tertiary/aromatic N) is 3. The molecule has 2 aromatic carbocycles. The fourth-order valence-corrected chi connectivity index (χ4v) is 4.17. The van der Waals surface area contributed by atoms with Crippen LogP contribution in [0.15, 0.2) is 36.4 Å². The fourth-order valence-electron chi connectivity index (χ4n) is 2.32. The first-order valence-electron chi connectivity index (χ1n) is 8.20. The van der Waals surface area contributed by atoms with Crippen molar-refractivity contribution in [1.29, 1.82) is 0 Å². The Labute approximate surface area is 177 Å². The van der Waals surface area contributed by atoms with Crippen LogP contribution in [0.5, 0.6) is 0 Å². The Morgan fingerprint density at radius 3 is 1.93 bits per heavy atom. The maximum atomic E-state index is 11.2. The van der Waals surface area contributed by atoms with Crippen molar-refractivity contribution in [3.63, 3.8) is 0 Å². The van der Waals surface area contributed by atoms with Crippen LogP contribution in [0, 0.1) is 10.1 Å². The molecule has 0 fully saturated rings. The highest BCUT2D eigenvalue weighted by Crippen LogP contribution is 2.26. The number of anilines is 1. The van der Waals surface area contributed by atoms with E-state index in [0.717, 1.165) is 21.6 Å². The average Bonchev–Trinajstić information content (AvgIpc) is 3.36. The number of rotatable bonds is 3. The predicted octanol–water partition coefficient (Wildman–Crippen LogP) is 3.66. The van der Waals surface area contributed by atoms with E-state index < -0.39 is 16.9 Å². The van der Waals surface area contributed by atoms with Gasteiger partial charge in [-0.25, -0.2) is 19.6 Å². The van der Waals surface area contributed by atoms with Crippen LogP contribution < -0.4 is 5.73 Å². The van der Waals surface area contributed by atoms with Crippen LogP contribution >= 0.6 is 22.7 Å². The largest absolute Gasteiger partial charge is 0.464 e. The molecule has 4 rings (SSSR count). The van der Waals surface area contributed by atoms with Crippen LogP contribution in [0.25, 0.3) is 20.4 Å². The Hall–Kier alpha value is -3.64. The Balaban J connectivity index is 0.000000172. The molecular formula is C18H14N4O6S2. The molecule has 2 N–H and O–H groups in total. The molecule has 0 saturated carbocycles. The minimum absolute atomic E-state index is 0.0208. The second-order valence-corrected chi connectivity index (χ2v) is 7.72. The molecule has 0 aliphatic heterocycles. The van der Waals surface area contributed by atoms with Crippen LogP contribution in [0.2, 0.25) is 0 Å². The number of nitro groups is 1. The number of nitrogen functional groups attached to an aromatic ring is 1. The molecule has 154 valence electrons. The molecule has 0 saturated heterocycles. The highest BCUT2D eigenvalue weighted by molar-refractivity contribution is 7.20. The van der Waals surface area contributed by atoms with Crippen molar-refractivity contribution in [3.8, 4) is 0 Å². The van der Waals surface area contributed by atoms with Crippen molar-refractivity contribution in [2.24, 2.45) is 0 Å². The maximum Gasteiger partial charge on any atom is 0.367 e. The monoisotopic (exact) mass is 446 g/mol. The van der Waals surface area contributed by atoms with Crippen molar-refractivity contribution < 1.29 is 24.0 Å². The van der Waals surface area contributed by atoms with E-state index in [1.165, 1.54) is 43.8 Å². The van der Waals surface area contributed by atoms with Crippen molar-refractivity contribution in [3.05, 3.63) is 56.5 Å². The van der Waals surface area contributed by atoms with E-state index in [9.17, 15) is 19.7 Å².